The third kappa shape index (κ3) is 1.92. The highest BCUT2D eigenvalue weighted by atomic mass is 19.2. The number of halogens is 3. The van der Waals surface area contributed by atoms with Gasteiger partial charge in [-0.1, -0.05) is 18.2 Å². The summed E-state index contributed by atoms with van der Waals surface area (Å²) in [6.45, 7) is 0. The van der Waals surface area contributed by atoms with Crippen molar-refractivity contribution < 1.29 is 13.2 Å². The molecule has 0 bridgehead atoms. The van der Waals surface area contributed by atoms with Gasteiger partial charge in [-0.2, -0.15) is 0 Å². The highest BCUT2D eigenvalue weighted by Crippen LogP contribution is 2.34. The molecular formula is C15H12F3N. The summed E-state index contributed by atoms with van der Waals surface area (Å²) >= 11 is 0. The maximum absolute atomic E-state index is 13.7. The summed E-state index contributed by atoms with van der Waals surface area (Å²) in [5.41, 5.74) is 8.64. The predicted octanol–water partition coefficient (Wildman–Crippen LogP) is 3.72. The topological polar surface area (TPSA) is 26.0 Å². The average molecular weight is 263 g/mol. The summed E-state index contributed by atoms with van der Waals surface area (Å²) in [7, 11) is 0. The van der Waals surface area contributed by atoms with Crippen LogP contribution in [0, 0.1) is 17.5 Å². The van der Waals surface area contributed by atoms with E-state index in [-0.39, 0.29) is 11.6 Å². The minimum Gasteiger partial charge on any atom is -0.324 e. The molecule has 3 rings (SSSR count). The summed E-state index contributed by atoms with van der Waals surface area (Å²) in [6.07, 6.45) is 1.69. The first-order valence-corrected chi connectivity index (χ1v) is 6.10. The second kappa shape index (κ2) is 4.38. The Morgan fingerprint density at radius 3 is 2.58 bits per heavy atom. The van der Waals surface area contributed by atoms with Gasteiger partial charge in [0.25, 0.3) is 0 Å². The Morgan fingerprint density at radius 2 is 1.79 bits per heavy atom. The Balaban J connectivity index is 2.11. The van der Waals surface area contributed by atoms with Crippen molar-refractivity contribution in [3.8, 4) is 11.1 Å². The maximum atomic E-state index is 13.7. The van der Waals surface area contributed by atoms with Crippen molar-refractivity contribution >= 4 is 0 Å². The molecule has 4 heteroatoms. The summed E-state index contributed by atoms with van der Waals surface area (Å²) in [6, 6.07) is 7.54. The van der Waals surface area contributed by atoms with Gasteiger partial charge < -0.3 is 5.73 Å². The molecule has 0 saturated heterocycles. The second-order valence-electron chi connectivity index (χ2n) is 4.78. The molecule has 1 unspecified atom stereocenters. The molecule has 2 aromatic rings. The molecule has 2 N–H and O–H groups in total. The lowest BCUT2D eigenvalue weighted by Crippen LogP contribution is -2.04. The third-order valence-corrected chi connectivity index (χ3v) is 3.61. The van der Waals surface area contributed by atoms with E-state index in [0.717, 1.165) is 30.0 Å². The number of rotatable bonds is 1. The number of benzene rings is 2. The molecule has 0 heterocycles. The first kappa shape index (κ1) is 12.2. The van der Waals surface area contributed by atoms with Crippen molar-refractivity contribution in [3.63, 3.8) is 0 Å². The number of hydrogen-bond acceptors (Lipinski definition) is 1. The van der Waals surface area contributed by atoms with Crippen LogP contribution in [-0.2, 0) is 6.42 Å². The quantitative estimate of drug-likeness (QED) is 0.780. The van der Waals surface area contributed by atoms with Crippen molar-refractivity contribution in [2.45, 2.75) is 18.9 Å². The Morgan fingerprint density at radius 1 is 1.00 bits per heavy atom. The van der Waals surface area contributed by atoms with Gasteiger partial charge in [-0.05, 0) is 41.7 Å². The summed E-state index contributed by atoms with van der Waals surface area (Å²) in [4.78, 5) is 0. The van der Waals surface area contributed by atoms with E-state index >= 15 is 0 Å². The molecule has 1 atom stereocenters. The minimum absolute atomic E-state index is 0.0128. The van der Waals surface area contributed by atoms with Crippen molar-refractivity contribution in [2.75, 3.05) is 0 Å². The lowest BCUT2D eigenvalue weighted by molar-refractivity contribution is 0.449. The van der Waals surface area contributed by atoms with Crippen LogP contribution in [-0.4, -0.2) is 0 Å². The van der Waals surface area contributed by atoms with Crippen LogP contribution in [0.4, 0.5) is 13.2 Å². The van der Waals surface area contributed by atoms with Gasteiger partial charge in [0.15, 0.2) is 17.5 Å². The molecule has 1 nitrogen and oxygen atoms in total. The van der Waals surface area contributed by atoms with Crippen LogP contribution in [0.15, 0.2) is 30.3 Å². The van der Waals surface area contributed by atoms with Gasteiger partial charge in [0, 0.05) is 11.6 Å². The molecule has 0 aliphatic heterocycles. The van der Waals surface area contributed by atoms with Crippen molar-refractivity contribution in [2.24, 2.45) is 5.73 Å². The number of nitrogens with two attached hydrogens (primary N) is 1. The van der Waals surface area contributed by atoms with E-state index in [2.05, 4.69) is 0 Å². The highest BCUT2D eigenvalue weighted by Gasteiger charge is 2.21. The molecule has 0 fully saturated rings. The fraction of sp³-hybridized carbons (Fsp3) is 0.200. The van der Waals surface area contributed by atoms with E-state index in [4.69, 9.17) is 5.73 Å². The van der Waals surface area contributed by atoms with E-state index in [1.807, 2.05) is 6.07 Å². The Bertz CT molecular complexity index is 652. The van der Waals surface area contributed by atoms with Crippen LogP contribution < -0.4 is 5.73 Å². The zero-order valence-electron chi connectivity index (χ0n) is 10.1. The Kier molecular flexibility index (Phi) is 2.82. The normalized spacial score (nSPS) is 17.6. The van der Waals surface area contributed by atoms with Crippen LogP contribution in [0.5, 0.6) is 0 Å². The smallest absolute Gasteiger partial charge is 0.195 e. The monoisotopic (exact) mass is 263 g/mol. The molecule has 0 saturated carbocycles. The minimum atomic E-state index is -1.44. The van der Waals surface area contributed by atoms with E-state index in [1.54, 1.807) is 12.1 Å². The summed E-state index contributed by atoms with van der Waals surface area (Å²) in [5.74, 6) is -3.76. The average Bonchev–Trinajstić information content (AvgIpc) is 2.77. The fourth-order valence-electron chi connectivity index (χ4n) is 2.57. The summed E-state index contributed by atoms with van der Waals surface area (Å²) < 4.78 is 39.9. The van der Waals surface area contributed by atoms with Gasteiger partial charge in [0.1, 0.15) is 0 Å². The highest BCUT2D eigenvalue weighted by molar-refractivity contribution is 5.66. The van der Waals surface area contributed by atoms with Crippen molar-refractivity contribution in [1.82, 2.24) is 0 Å². The van der Waals surface area contributed by atoms with Gasteiger partial charge in [-0.25, -0.2) is 13.2 Å². The zero-order chi connectivity index (χ0) is 13.6. The molecule has 19 heavy (non-hydrogen) atoms. The van der Waals surface area contributed by atoms with Crippen molar-refractivity contribution in [1.29, 1.82) is 0 Å². The number of fused-ring (bicyclic) bond motifs is 1. The molecule has 0 spiro atoms. The number of hydrogen-bond donors (Lipinski definition) is 1. The maximum Gasteiger partial charge on any atom is 0.195 e. The standard InChI is InChI=1S/C15H12F3N/c16-12-5-4-11(14(17)15(12)18)9-1-3-10-8(7-9)2-6-13(10)19/h1,3-5,7,13H,2,6,19H2. The fourth-order valence-corrected chi connectivity index (χ4v) is 2.57. The van der Waals surface area contributed by atoms with Crippen LogP contribution in [0.1, 0.15) is 23.6 Å². The van der Waals surface area contributed by atoms with Gasteiger partial charge in [-0.3, -0.25) is 0 Å². The number of aryl methyl sites for hydroxylation is 1. The van der Waals surface area contributed by atoms with E-state index in [0.29, 0.717) is 5.56 Å². The van der Waals surface area contributed by atoms with E-state index in [1.165, 1.54) is 6.07 Å². The van der Waals surface area contributed by atoms with Gasteiger partial charge in [-0.15, -0.1) is 0 Å². The predicted molar refractivity (Wildman–Crippen MR) is 67.0 cm³/mol. The van der Waals surface area contributed by atoms with Crippen LogP contribution in [0.2, 0.25) is 0 Å². The first-order chi connectivity index (χ1) is 9.08. The first-order valence-electron chi connectivity index (χ1n) is 6.10. The Labute approximate surface area is 108 Å². The second-order valence-corrected chi connectivity index (χ2v) is 4.78. The SMILES string of the molecule is NC1CCc2cc(-c3ccc(F)c(F)c3F)ccc21. The molecular weight excluding hydrogens is 251 g/mol. The molecule has 0 aromatic heterocycles. The lowest BCUT2D eigenvalue weighted by atomic mass is 9.99. The molecule has 0 amide bonds. The van der Waals surface area contributed by atoms with Gasteiger partial charge >= 0.3 is 0 Å². The lowest BCUT2D eigenvalue weighted by Gasteiger charge is -2.09. The van der Waals surface area contributed by atoms with Crippen LogP contribution in [0.25, 0.3) is 11.1 Å². The van der Waals surface area contributed by atoms with Crippen LogP contribution in [0.3, 0.4) is 0 Å². The van der Waals surface area contributed by atoms with Gasteiger partial charge in [0.2, 0.25) is 0 Å². The molecule has 1 aliphatic carbocycles. The summed E-state index contributed by atoms with van der Waals surface area (Å²) in [5, 5.41) is 0. The largest absolute Gasteiger partial charge is 0.324 e. The van der Waals surface area contributed by atoms with E-state index < -0.39 is 17.5 Å². The molecule has 1 aliphatic rings. The zero-order valence-corrected chi connectivity index (χ0v) is 10.1. The van der Waals surface area contributed by atoms with Crippen LogP contribution >= 0.6 is 0 Å². The van der Waals surface area contributed by atoms with Crippen molar-refractivity contribution in [3.05, 3.63) is 58.9 Å². The molecule has 2 aromatic carbocycles. The van der Waals surface area contributed by atoms with Gasteiger partial charge in [0.05, 0.1) is 0 Å². The third-order valence-electron chi connectivity index (χ3n) is 3.61. The molecule has 98 valence electrons. The molecule has 0 radical (unpaired) electrons. The van der Waals surface area contributed by atoms with E-state index in [9.17, 15) is 13.2 Å². The Hall–Kier alpha value is -1.81.